The van der Waals surface area contributed by atoms with Gasteiger partial charge < -0.3 is 15.2 Å². The van der Waals surface area contributed by atoms with E-state index in [2.05, 4.69) is 35.7 Å². The van der Waals surface area contributed by atoms with Crippen LogP contribution in [0.15, 0.2) is 24.4 Å². The Hall–Kier alpha value is -4.21. The Kier molecular flexibility index (Phi) is 7.30. The Morgan fingerprint density at radius 1 is 1.26 bits per heavy atom. The molecule has 3 heterocycles. The van der Waals surface area contributed by atoms with Crippen LogP contribution in [0.2, 0.25) is 0 Å². The van der Waals surface area contributed by atoms with Crippen molar-refractivity contribution in [2.45, 2.75) is 19.9 Å². The van der Waals surface area contributed by atoms with Gasteiger partial charge in [0, 0.05) is 18.8 Å². The van der Waals surface area contributed by atoms with Gasteiger partial charge in [-0.2, -0.15) is 4.41 Å². The number of carboxylic acid groups (broad SMARTS) is 1. The Morgan fingerprint density at radius 3 is 2.71 bits per heavy atom. The van der Waals surface area contributed by atoms with Crippen molar-refractivity contribution in [3.8, 4) is 17.4 Å². The van der Waals surface area contributed by atoms with Crippen molar-refractivity contribution in [3.05, 3.63) is 41.5 Å². The van der Waals surface area contributed by atoms with Gasteiger partial charge in [0.15, 0.2) is 0 Å². The van der Waals surface area contributed by atoms with E-state index >= 15 is 0 Å². The van der Waals surface area contributed by atoms with E-state index in [0.29, 0.717) is 15.2 Å². The van der Waals surface area contributed by atoms with Gasteiger partial charge in [-0.25, -0.2) is 23.4 Å². The molecule has 3 aromatic rings. The Bertz CT molecular complexity index is 1310. The van der Waals surface area contributed by atoms with Crippen molar-refractivity contribution in [2.24, 2.45) is 0 Å². The molecule has 0 fully saturated rings. The monoisotopic (exact) mass is 491 g/mol. The number of amides is 1. The molecular formula is C18H21N9O6S. The molecule has 3 rings (SSSR count). The van der Waals surface area contributed by atoms with E-state index < -0.39 is 34.9 Å². The minimum Gasteiger partial charge on any atom is -0.481 e. The lowest BCUT2D eigenvalue weighted by Gasteiger charge is -2.18. The molecule has 0 saturated carbocycles. The van der Waals surface area contributed by atoms with Gasteiger partial charge in [0.2, 0.25) is 21.7 Å². The smallest absolute Gasteiger partial charge is 0.305 e. The number of carbonyl (C=O) groups excluding carboxylic acids is 1. The topological polar surface area (TPSA) is 195 Å². The first-order valence-electron chi connectivity index (χ1n) is 9.70. The zero-order chi connectivity index (χ0) is 24.9. The molecule has 0 aliphatic carbocycles. The fraction of sp³-hybridized carbons (Fsp3) is 0.333. The minimum absolute atomic E-state index is 0.0331. The number of nitrogens with one attached hydrogen (secondary N) is 1. The predicted molar refractivity (Wildman–Crippen MR) is 116 cm³/mol. The highest BCUT2D eigenvalue weighted by atomic mass is 32.2. The average Bonchev–Trinajstić information content (AvgIpc) is 3.26. The number of aliphatic carboxylic acids is 1. The second-order valence-corrected chi connectivity index (χ2v) is 8.80. The fourth-order valence-electron chi connectivity index (χ4n) is 2.73. The van der Waals surface area contributed by atoms with Gasteiger partial charge >= 0.3 is 5.97 Å². The van der Waals surface area contributed by atoms with E-state index in [1.54, 1.807) is 25.3 Å². The van der Waals surface area contributed by atoms with Crippen LogP contribution in [0, 0.1) is 6.92 Å². The van der Waals surface area contributed by atoms with Crippen molar-refractivity contribution in [3.63, 3.8) is 0 Å². The molecule has 0 spiro atoms. The molecule has 0 radical (unpaired) electrons. The number of carbonyl (C=O) groups is 2. The molecule has 0 saturated heterocycles. The Balaban J connectivity index is 1.81. The zero-order valence-corrected chi connectivity index (χ0v) is 19.2. The lowest BCUT2D eigenvalue weighted by atomic mass is 10.2. The fourth-order valence-corrected chi connectivity index (χ4v) is 3.48. The van der Waals surface area contributed by atoms with Crippen molar-refractivity contribution in [1.29, 1.82) is 0 Å². The number of carboxylic acids is 1. The number of sulfonamides is 1. The summed E-state index contributed by atoms with van der Waals surface area (Å²) in [7, 11) is -2.41. The summed E-state index contributed by atoms with van der Waals surface area (Å²) >= 11 is 0. The number of rotatable bonds is 10. The van der Waals surface area contributed by atoms with Crippen molar-refractivity contribution in [1.82, 2.24) is 40.6 Å². The first-order chi connectivity index (χ1) is 16.1. The number of methoxy groups -OCH3 is 1. The van der Waals surface area contributed by atoms with Crippen LogP contribution in [0.25, 0.3) is 11.5 Å². The Labute approximate surface area is 193 Å². The minimum atomic E-state index is -3.89. The van der Waals surface area contributed by atoms with Crippen LogP contribution in [0.3, 0.4) is 0 Å². The molecule has 15 nitrogen and oxygen atoms in total. The average molecular weight is 491 g/mol. The van der Waals surface area contributed by atoms with E-state index in [9.17, 15) is 18.0 Å². The van der Waals surface area contributed by atoms with Gasteiger partial charge in [-0.3, -0.25) is 9.59 Å². The van der Waals surface area contributed by atoms with Crippen molar-refractivity contribution >= 4 is 21.9 Å². The van der Waals surface area contributed by atoms with Gasteiger partial charge in [0.05, 0.1) is 26.3 Å². The summed E-state index contributed by atoms with van der Waals surface area (Å²) in [5.41, 5.74) is 0.921. The largest absolute Gasteiger partial charge is 0.481 e. The number of aryl methyl sites for hydroxylation is 1. The van der Waals surface area contributed by atoms with E-state index in [1.807, 2.05) is 0 Å². The molecule has 34 heavy (non-hydrogen) atoms. The normalized spacial score (nSPS) is 11.1. The van der Waals surface area contributed by atoms with Gasteiger partial charge in [-0.1, -0.05) is 4.91 Å². The summed E-state index contributed by atoms with van der Waals surface area (Å²) in [6.07, 6.45) is 1.97. The lowest BCUT2D eigenvalue weighted by molar-refractivity contribution is -0.136. The summed E-state index contributed by atoms with van der Waals surface area (Å²) in [5, 5.41) is 23.0. The molecule has 2 N–H and O–H groups in total. The van der Waals surface area contributed by atoms with E-state index in [-0.39, 0.29) is 29.6 Å². The van der Waals surface area contributed by atoms with E-state index in [1.165, 1.54) is 13.2 Å². The highest BCUT2D eigenvalue weighted by molar-refractivity contribution is 7.91. The van der Waals surface area contributed by atoms with Crippen molar-refractivity contribution < 1.29 is 27.9 Å². The van der Waals surface area contributed by atoms with Crippen LogP contribution < -0.4 is 14.5 Å². The first-order valence-corrected chi connectivity index (χ1v) is 11.5. The maximum atomic E-state index is 12.6. The van der Waals surface area contributed by atoms with Crippen LogP contribution in [-0.2, 0) is 21.4 Å². The quantitative estimate of drug-likeness (QED) is 0.357. The van der Waals surface area contributed by atoms with Crippen LogP contribution in [0.5, 0.6) is 5.88 Å². The van der Waals surface area contributed by atoms with Crippen LogP contribution in [0.1, 0.15) is 28.3 Å². The highest BCUT2D eigenvalue weighted by Crippen LogP contribution is 2.14. The third-order valence-corrected chi connectivity index (χ3v) is 5.36. The SMILES string of the molecule is COc1cc(CNC(=O)c2cc(-c3nnn(N(CCC(=O)O)S(C)(=O)=O)n3)nc(C)n2)ccn1. The maximum absolute atomic E-state index is 12.6. The summed E-state index contributed by atoms with van der Waals surface area (Å²) in [5.74, 6) is -1.11. The van der Waals surface area contributed by atoms with Crippen LogP contribution in [0.4, 0.5) is 0 Å². The third-order valence-electron chi connectivity index (χ3n) is 4.26. The number of hydrogen-bond acceptors (Lipinski definition) is 11. The third kappa shape index (κ3) is 6.18. The van der Waals surface area contributed by atoms with Gasteiger partial charge in [-0.15, -0.1) is 10.2 Å². The lowest BCUT2D eigenvalue weighted by Crippen LogP contribution is -2.42. The molecule has 0 atom stereocenters. The van der Waals surface area contributed by atoms with E-state index in [0.717, 1.165) is 11.8 Å². The number of aromatic nitrogens is 7. The molecule has 0 aromatic carbocycles. The van der Waals surface area contributed by atoms with Crippen LogP contribution in [-0.4, -0.2) is 80.6 Å². The number of pyridine rings is 1. The number of ether oxygens (including phenoxy) is 1. The molecule has 0 aliphatic heterocycles. The highest BCUT2D eigenvalue weighted by Gasteiger charge is 2.23. The molecule has 16 heteroatoms. The number of tetrazole rings is 1. The summed E-state index contributed by atoms with van der Waals surface area (Å²) < 4.78 is 29.8. The maximum Gasteiger partial charge on any atom is 0.305 e. The van der Waals surface area contributed by atoms with E-state index in [4.69, 9.17) is 9.84 Å². The number of hydrogen-bond donors (Lipinski definition) is 2. The zero-order valence-electron chi connectivity index (χ0n) is 18.4. The van der Waals surface area contributed by atoms with Gasteiger partial charge in [0.25, 0.3) is 5.91 Å². The van der Waals surface area contributed by atoms with Gasteiger partial charge in [0.1, 0.15) is 17.2 Å². The van der Waals surface area contributed by atoms with Crippen LogP contribution >= 0.6 is 0 Å². The molecule has 0 bridgehead atoms. The molecule has 180 valence electrons. The summed E-state index contributed by atoms with van der Waals surface area (Å²) in [4.78, 5) is 36.5. The standard InChI is InChI=1S/C18H21N9O6S/c1-11-21-13(17-23-25-27(24-17)26(34(3,31)32)7-5-16(28)29)9-14(22-11)18(30)20-10-12-4-6-19-15(8-12)33-2/h4,6,8-9H,5,7,10H2,1-3H3,(H,20,30)(H,28,29). The molecule has 0 aliphatic rings. The van der Waals surface area contributed by atoms with Gasteiger partial charge in [-0.05, 0) is 29.8 Å². The van der Waals surface area contributed by atoms with Crippen molar-refractivity contribution in [2.75, 3.05) is 24.3 Å². The summed E-state index contributed by atoms with van der Waals surface area (Å²) in [6, 6.07) is 4.73. The summed E-state index contributed by atoms with van der Waals surface area (Å²) in [6.45, 7) is 1.35. The number of nitrogens with zero attached hydrogens (tertiary/aromatic N) is 8. The predicted octanol–water partition coefficient (Wildman–Crippen LogP) is -0.856. The molecular weight excluding hydrogens is 470 g/mol. The Morgan fingerprint density at radius 2 is 2.03 bits per heavy atom. The molecule has 0 unspecified atom stereocenters. The second-order valence-electron chi connectivity index (χ2n) is 6.91. The second kappa shape index (κ2) is 10.2. The first kappa shape index (κ1) is 24.4. The molecule has 3 aromatic heterocycles. The molecule has 1 amide bonds.